The molecule has 2 amide bonds. The number of hydrogen-bond donors (Lipinski definition) is 1. The first-order valence-electron chi connectivity index (χ1n) is 15.8. The van der Waals surface area contributed by atoms with Crippen LogP contribution >= 0.6 is 11.8 Å². The first kappa shape index (κ1) is 32.2. The molecule has 4 fully saturated rings. The largest absolute Gasteiger partial charge is 0.363 e. The van der Waals surface area contributed by atoms with Gasteiger partial charge in [0.1, 0.15) is 5.78 Å². The molecule has 0 aromatic rings. The lowest BCUT2D eigenvalue weighted by molar-refractivity contribution is -0.148. The van der Waals surface area contributed by atoms with Gasteiger partial charge < -0.3 is 10.6 Å². The molecule has 0 spiro atoms. The predicted molar refractivity (Wildman–Crippen MR) is 162 cm³/mol. The van der Waals surface area contributed by atoms with Gasteiger partial charge in [0.2, 0.25) is 11.7 Å². The van der Waals surface area contributed by atoms with Gasteiger partial charge in [-0.15, -0.1) is 0 Å². The van der Waals surface area contributed by atoms with E-state index in [1.54, 1.807) is 16.7 Å². The fourth-order valence-corrected chi connectivity index (χ4v) is 9.15. The molecular formula is C33H52N2O5S. The maximum Gasteiger partial charge on any atom is 0.285 e. The Morgan fingerprint density at radius 2 is 1.63 bits per heavy atom. The van der Waals surface area contributed by atoms with Crippen molar-refractivity contribution in [3.63, 3.8) is 0 Å². The van der Waals surface area contributed by atoms with Crippen molar-refractivity contribution in [2.45, 2.75) is 111 Å². The van der Waals surface area contributed by atoms with Crippen LogP contribution in [0, 0.1) is 45.8 Å². The first-order chi connectivity index (χ1) is 19.1. The molecule has 2 N–H and O–H groups in total. The molecule has 7 nitrogen and oxygen atoms in total. The Kier molecular flexibility index (Phi) is 9.53. The van der Waals surface area contributed by atoms with E-state index in [-0.39, 0.29) is 53.0 Å². The molecule has 1 saturated heterocycles. The lowest BCUT2D eigenvalue weighted by Crippen LogP contribution is -2.51. The van der Waals surface area contributed by atoms with Gasteiger partial charge in [0, 0.05) is 37.6 Å². The summed E-state index contributed by atoms with van der Waals surface area (Å²) in [6.07, 6.45) is 11.0. The van der Waals surface area contributed by atoms with Crippen molar-refractivity contribution in [1.29, 1.82) is 0 Å². The summed E-state index contributed by atoms with van der Waals surface area (Å²) in [7, 11) is 0. The number of Topliss-reactive ketones (excluding diaryl/α,β-unsaturated/α-hetero) is 3. The number of rotatable bonds is 14. The fraction of sp³-hybridized carbons (Fsp3) is 0.848. The van der Waals surface area contributed by atoms with E-state index in [0.717, 1.165) is 44.3 Å². The molecule has 0 aromatic heterocycles. The number of piperidine rings is 1. The van der Waals surface area contributed by atoms with Crippen LogP contribution in [0.1, 0.15) is 105 Å². The van der Waals surface area contributed by atoms with Crippen molar-refractivity contribution in [2.24, 2.45) is 51.6 Å². The molecule has 0 aromatic carbocycles. The molecular weight excluding hydrogens is 536 g/mol. The summed E-state index contributed by atoms with van der Waals surface area (Å²) in [6.45, 7) is 10.8. The normalized spacial score (nSPS) is 28.0. The van der Waals surface area contributed by atoms with Crippen LogP contribution in [0.3, 0.4) is 0 Å². The molecule has 3 aliphatic carbocycles. The van der Waals surface area contributed by atoms with Crippen LogP contribution in [0.15, 0.2) is 0 Å². The van der Waals surface area contributed by atoms with E-state index in [0.29, 0.717) is 25.3 Å². The third-order valence-corrected chi connectivity index (χ3v) is 11.8. The number of ketones is 3. The Morgan fingerprint density at radius 1 is 1.00 bits per heavy atom. The number of nitrogens with two attached hydrogens (primary N) is 1. The maximum atomic E-state index is 14.3. The summed E-state index contributed by atoms with van der Waals surface area (Å²) in [5.41, 5.74) is 4.87. The van der Waals surface area contributed by atoms with Crippen molar-refractivity contribution in [3.05, 3.63) is 0 Å². The number of nitrogens with zero attached hydrogens (tertiary/aromatic N) is 1. The van der Waals surface area contributed by atoms with E-state index >= 15 is 0 Å². The van der Waals surface area contributed by atoms with Gasteiger partial charge in [-0.1, -0.05) is 66.7 Å². The SMILES string of the molecule is CSCC1(CC(=O)C[C@H](C(=O)N2CC3[C@@H]([C@H]2C(=O)CC(CC2CC2)C(=O)C(N)=O)C3(C)C)C(C)(C)C)CCCCC1. The molecule has 2 unspecified atom stereocenters. The number of primary amides is 1. The van der Waals surface area contributed by atoms with Crippen LogP contribution in [0.2, 0.25) is 0 Å². The third kappa shape index (κ3) is 7.10. The van der Waals surface area contributed by atoms with Crippen molar-refractivity contribution >= 4 is 40.9 Å². The number of hydrogen-bond acceptors (Lipinski definition) is 6. The van der Waals surface area contributed by atoms with Crippen LogP contribution < -0.4 is 5.73 Å². The second-order valence-corrected chi connectivity index (χ2v) is 16.4. The van der Waals surface area contributed by atoms with Crippen molar-refractivity contribution in [3.8, 4) is 0 Å². The minimum Gasteiger partial charge on any atom is -0.363 e. The molecule has 1 aliphatic heterocycles. The Balaban J connectivity index is 1.52. The first-order valence-corrected chi connectivity index (χ1v) is 17.2. The van der Waals surface area contributed by atoms with E-state index in [9.17, 15) is 24.0 Å². The fourth-order valence-electron chi connectivity index (χ4n) is 8.15. The third-order valence-electron chi connectivity index (χ3n) is 10.9. The van der Waals surface area contributed by atoms with Crippen LogP contribution in [0.5, 0.6) is 0 Å². The molecule has 5 atom stereocenters. The van der Waals surface area contributed by atoms with Crippen molar-refractivity contribution in [1.82, 2.24) is 4.90 Å². The van der Waals surface area contributed by atoms with E-state index in [4.69, 9.17) is 5.73 Å². The smallest absolute Gasteiger partial charge is 0.285 e. The van der Waals surface area contributed by atoms with Crippen LogP contribution in [-0.2, 0) is 24.0 Å². The van der Waals surface area contributed by atoms with Crippen molar-refractivity contribution in [2.75, 3.05) is 18.6 Å². The van der Waals surface area contributed by atoms with E-state index in [2.05, 4.69) is 20.1 Å². The molecule has 1 heterocycles. The Morgan fingerprint density at radius 3 is 2.17 bits per heavy atom. The molecule has 4 rings (SSSR count). The summed E-state index contributed by atoms with van der Waals surface area (Å²) in [4.78, 5) is 68.0. The van der Waals surface area contributed by atoms with Gasteiger partial charge in [0.15, 0.2) is 5.78 Å². The highest BCUT2D eigenvalue weighted by Gasteiger charge is 2.69. The lowest BCUT2D eigenvalue weighted by atomic mass is 9.70. The summed E-state index contributed by atoms with van der Waals surface area (Å²) in [5, 5.41) is 0. The quantitative estimate of drug-likeness (QED) is 0.278. The van der Waals surface area contributed by atoms with Crippen LogP contribution in [0.25, 0.3) is 0 Å². The van der Waals surface area contributed by atoms with Crippen LogP contribution in [0.4, 0.5) is 0 Å². The summed E-state index contributed by atoms with van der Waals surface area (Å²) >= 11 is 1.81. The van der Waals surface area contributed by atoms with Gasteiger partial charge in [0.25, 0.3) is 5.91 Å². The van der Waals surface area contributed by atoms with Gasteiger partial charge in [0.05, 0.1) is 6.04 Å². The highest BCUT2D eigenvalue weighted by atomic mass is 32.2. The topological polar surface area (TPSA) is 115 Å². The molecule has 230 valence electrons. The molecule has 3 saturated carbocycles. The minimum absolute atomic E-state index is 0.0293. The predicted octanol–water partition coefficient (Wildman–Crippen LogP) is 5.22. The highest BCUT2D eigenvalue weighted by molar-refractivity contribution is 7.98. The van der Waals surface area contributed by atoms with E-state index in [1.807, 2.05) is 20.8 Å². The zero-order valence-electron chi connectivity index (χ0n) is 26.1. The van der Waals surface area contributed by atoms with Gasteiger partial charge in [-0.2, -0.15) is 11.8 Å². The highest BCUT2D eigenvalue weighted by Crippen LogP contribution is 2.65. The minimum atomic E-state index is -0.990. The summed E-state index contributed by atoms with van der Waals surface area (Å²) in [6, 6.07) is -0.619. The van der Waals surface area contributed by atoms with E-state index in [1.165, 1.54) is 6.42 Å². The Labute approximate surface area is 250 Å². The average molecular weight is 589 g/mol. The number of carbonyl (C=O) groups excluding carboxylic acids is 5. The van der Waals surface area contributed by atoms with E-state index < -0.39 is 35.0 Å². The average Bonchev–Trinajstić information content (AvgIpc) is 3.73. The zero-order chi connectivity index (χ0) is 30.3. The van der Waals surface area contributed by atoms with Gasteiger partial charge in [-0.05, 0) is 65.3 Å². The molecule has 8 heteroatoms. The van der Waals surface area contributed by atoms with Gasteiger partial charge in [-0.25, -0.2) is 0 Å². The molecule has 4 aliphatic rings. The van der Waals surface area contributed by atoms with Gasteiger partial charge >= 0.3 is 0 Å². The number of amides is 2. The zero-order valence-corrected chi connectivity index (χ0v) is 26.9. The van der Waals surface area contributed by atoms with Gasteiger partial charge in [-0.3, -0.25) is 24.0 Å². The monoisotopic (exact) mass is 588 g/mol. The Hall–Kier alpha value is -1.70. The number of thioether (sulfide) groups is 1. The standard InChI is InChI=1S/C33H52N2O5S/c1-31(2,3)23(16-22(36)17-33(19-41-6)12-8-7-9-13-33)30(40)35-18-24-26(32(24,4)5)27(35)25(37)15-21(14-20-10-11-20)28(38)29(34)39/h20-21,23-24,26-27H,7-19H2,1-6H3,(H2,34,39)/t21?,23-,24?,26+,27-/m1/s1. The molecule has 0 bridgehead atoms. The summed E-state index contributed by atoms with van der Waals surface area (Å²) < 4.78 is 0. The van der Waals surface area contributed by atoms with Crippen LogP contribution in [-0.4, -0.2) is 58.7 Å². The maximum absolute atomic E-state index is 14.3. The molecule has 0 radical (unpaired) electrons. The second kappa shape index (κ2) is 12.1. The second-order valence-electron chi connectivity index (χ2n) is 15.5. The number of carbonyl (C=O) groups is 5. The Bertz CT molecular complexity index is 1050. The number of likely N-dealkylation sites (tertiary alicyclic amines) is 1. The lowest BCUT2D eigenvalue weighted by Gasteiger charge is -2.39. The summed E-state index contributed by atoms with van der Waals surface area (Å²) in [5.74, 6) is -1.42. The number of fused-ring (bicyclic) bond motifs is 1. The van der Waals surface area contributed by atoms with Crippen molar-refractivity contribution < 1.29 is 24.0 Å². The molecule has 41 heavy (non-hydrogen) atoms.